The fourth-order valence-corrected chi connectivity index (χ4v) is 5.18. The summed E-state index contributed by atoms with van der Waals surface area (Å²) >= 11 is 9.97. The minimum atomic E-state index is -1.41. The Kier molecular flexibility index (Phi) is 10.0. The van der Waals surface area contributed by atoms with E-state index in [0.717, 1.165) is 36.6 Å². The van der Waals surface area contributed by atoms with Crippen molar-refractivity contribution >= 4 is 45.3 Å². The highest BCUT2D eigenvalue weighted by Crippen LogP contribution is 2.33. The van der Waals surface area contributed by atoms with E-state index in [0.29, 0.717) is 16.1 Å². The molecule has 2 aromatic rings. The van der Waals surface area contributed by atoms with Gasteiger partial charge in [-0.2, -0.15) is 0 Å². The molecule has 1 atom stereocenters. The second-order valence-electron chi connectivity index (χ2n) is 11.7. The summed E-state index contributed by atoms with van der Waals surface area (Å²) in [5.74, 6) is -1.10. The Labute approximate surface area is 240 Å². The SMILES string of the molecule is CC(C)(C)NC(=O)C(c1ccc(Br)cc1)N(Cc1ccccc1Cl)C(=O)C(C)(C)C(=O)NC1CCCCC1. The average molecular weight is 605 g/mol. The van der Waals surface area contributed by atoms with Gasteiger partial charge >= 0.3 is 0 Å². The maximum absolute atomic E-state index is 14.3. The van der Waals surface area contributed by atoms with Gasteiger partial charge in [-0.15, -0.1) is 0 Å². The summed E-state index contributed by atoms with van der Waals surface area (Å²) in [7, 11) is 0. The van der Waals surface area contributed by atoms with Gasteiger partial charge in [-0.05, 0) is 76.8 Å². The molecule has 0 bridgehead atoms. The van der Waals surface area contributed by atoms with Gasteiger partial charge in [-0.1, -0.05) is 77.1 Å². The monoisotopic (exact) mass is 603 g/mol. The van der Waals surface area contributed by atoms with E-state index < -0.39 is 22.9 Å². The number of hydrogen-bond donors (Lipinski definition) is 2. The fourth-order valence-electron chi connectivity index (χ4n) is 4.72. The lowest BCUT2D eigenvalue weighted by atomic mass is 9.87. The van der Waals surface area contributed by atoms with E-state index in [-0.39, 0.29) is 24.4 Å². The van der Waals surface area contributed by atoms with Crippen molar-refractivity contribution in [3.05, 3.63) is 69.2 Å². The van der Waals surface area contributed by atoms with Crippen LogP contribution >= 0.6 is 27.5 Å². The summed E-state index contributed by atoms with van der Waals surface area (Å²) < 4.78 is 0.854. The highest BCUT2D eigenvalue weighted by molar-refractivity contribution is 9.10. The van der Waals surface area contributed by atoms with Crippen molar-refractivity contribution in [3.8, 4) is 0 Å². The Morgan fingerprint density at radius 3 is 2.16 bits per heavy atom. The van der Waals surface area contributed by atoms with Gasteiger partial charge in [0.2, 0.25) is 17.7 Å². The molecule has 0 aromatic heterocycles. The molecule has 0 aliphatic heterocycles. The van der Waals surface area contributed by atoms with Crippen LogP contribution in [0.4, 0.5) is 0 Å². The van der Waals surface area contributed by atoms with Crippen molar-refractivity contribution < 1.29 is 14.4 Å². The molecule has 0 saturated heterocycles. The first-order valence-corrected chi connectivity index (χ1v) is 14.4. The van der Waals surface area contributed by atoms with Crippen molar-refractivity contribution in [2.45, 2.75) is 90.9 Å². The van der Waals surface area contributed by atoms with Gasteiger partial charge in [0.05, 0.1) is 0 Å². The molecule has 206 valence electrons. The molecule has 6 nitrogen and oxygen atoms in total. The molecule has 1 fully saturated rings. The third kappa shape index (κ3) is 7.82. The molecule has 3 amide bonds. The van der Waals surface area contributed by atoms with E-state index in [9.17, 15) is 14.4 Å². The Balaban J connectivity index is 2.06. The Morgan fingerprint density at radius 2 is 1.58 bits per heavy atom. The van der Waals surface area contributed by atoms with Gasteiger partial charge in [0.1, 0.15) is 11.5 Å². The standard InChI is InChI=1S/C30H39BrClN3O3/c1-29(2,3)34-26(36)25(20-15-17-22(31)18-16-20)35(19-21-11-9-10-14-24(21)32)28(38)30(4,5)27(37)33-23-12-7-6-8-13-23/h9-11,14-18,23,25H,6-8,12-13,19H2,1-5H3,(H,33,37)(H,34,36). The van der Waals surface area contributed by atoms with Gasteiger partial charge in [-0.25, -0.2) is 0 Å². The van der Waals surface area contributed by atoms with E-state index in [4.69, 9.17) is 11.6 Å². The molecule has 8 heteroatoms. The molecule has 2 N–H and O–H groups in total. The molecular formula is C30H39BrClN3O3. The quantitative estimate of drug-likeness (QED) is 0.335. The predicted molar refractivity (Wildman–Crippen MR) is 156 cm³/mol. The van der Waals surface area contributed by atoms with Crippen LogP contribution in [0, 0.1) is 5.41 Å². The fraction of sp³-hybridized carbons (Fsp3) is 0.500. The van der Waals surface area contributed by atoms with E-state index >= 15 is 0 Å². The van der Waals surface area contributed by atoms with Gasteiger partial charge < -0.3 is 15.5 Å². The summed E-state index contributed by atoms with van der Waals surface area (Å²) in [5, 5.41) is 6.63. The smallest absolute Gasteiger partial charge is 0.247 e. The van der Waals surface area contributed by atoms with Crippen molar-refractivity contribution in [1.82, 2.24) is 15.5 Å². The lowest BCUT2D eigenvalue weighted by Crippen LogP contribution is -2.55. The number of nitrogens with one attached hydrogen (secondary N) is 2. The van der Waals surface area contributed by atoms with E-state index in [1.54, 1.807) is 19.9 Å². The van der Waals surface area contributed by atoms with Crippen LogP contribution in [0.1, 0.15) is 83.9 Å². The lowest BCUT2D eigenvalue weighted by molar-refractivity contribution is -0.154. The summed E-state index contributed by atoms with van der Waals surface area (Å²) in [6, 6.07) is 13.6. The Hall–Kier alpha value is -2.38. The number of carbonyl (C=O) groups is 3. The Morgan fingerprint density at radius 1 is 0.974 bits per heavy atom. The molecule has 0 radical (unpaired) electrons. The number of carbonyl (C=O) groups excluding carboxylic acids is 3. The third-order valence-electron chi connectivity index (χ3n) is 6.85. The Bertz CT molecular complexity index is 1140. The largest absolute Gasteiger partial charge is 0.352 e. The first kappa shape index (κ1) is 30.2. The minimum Gasteiger partial charge on any atom is -0.352 e. The predicted octanol–water partition coefficient (Wildman–Crippen LogP) is 6.56. The van der Waals surface area contributed by atoms with Gasteiger partial charge in [-0.3, -0.25) is 14.4 Å². The van der Waals surface area contributed by atoms with Crippen LogP contribution in [0.2, 0.25) is 5.02 Å². The van der Waals surface area contributed by atoms with Crippen molar-refractivity contribution in [1.29, 1.82) is 0 Å². The summed E-state index contributed by atoms with van der Waals surface area (Å²) in [4.78, 5) is 43.2. The normalized spacial score (nSPS) is 15.4. The number of benzene rings is 2. The maximum Gasteiger partial charge on any atom is 0.247 e. The van der Waals surface area contributed by atoms with Crippen molar-refractivity contribution in [3.63, 3.8) is 0 Å². The zero-order valence-electron chi connectivity index (χ0n) is 22.9. The first-order valence-electron chi connectivity index (χ1n) is 13.2. The van der Waals surface area contributed by atoms with Crippen molar-refractivity contribution in [2.24, 2.45) is 5.41 Å². The van der Waals surface area contributed by atoms with Gasteiger partial charge in [0.15, 0.2) is 0 Å². The topological polar surface area (TPSA) is 78.5 Å². The average Bonchev–Trinajstić information content (AvgIpc) is 2.85. The molecule has 1 aliphatic carbocycles. The zero-order valence-corrected chi connectivity index (χ0v) is 25.3. The highest BCUT2D eigenvalue weighted by atomic mass is 79.9. The van der Waals surface area contributed by atoms with Gasteiger partial charge in [0, 0.05) is 27.6 Å². The van der Waals surface area contributed by atoms with Crippen LogP contribution in [0.25, 0.3) is 0 Å². The number of amides is 3. The second kappa shape index (κ2) is 12.6. The minimum absolute atomic E-state index is 0.0619. The number of hydrogen-bond acceptors (Lipinski definition) is 3. The zero-order chi connectivity index (χ0) is 28.1. The maximum atomic E-state index is 14.3. The summed E-state index contributed by atoms with van der Waals surface area (Å²) in [6.07, 6.45) is 5.12. The molecule has 0 spiro atoms. The molecule has 38 heavy (non-hydrogen) atoms. The van der Waals surface area contributed by atoms with Crippen LogP contribution in [0.15, 0.2) is 53.0 Å². The van der Waals surface area contributed by atoms with Crippen LogP contribution in [-0.2, 0) is 20.9 Å². The third-order valence-corrected chi connectivity index (χ3v) is 7.74. The first-order chi connectivity index (χ1) is 17.8. The van der Waals surface area contributed by atoms with E-state index in [1.807, 2.05) is 63.2 Å². The molecular weight excluding hydrogens is 566 g/mol. The van der Waals surface area contributed by atoms with Crippen LogP contribution in [-0.4, -0.2) is 34.2 Å². The molecule has 1 aliphatic rings. The van der Waals surface area contributed by atoms with Crippen LogP contribution < -0.4 is 10.6 Å². The second-order valence-corrected chi connectivity index (χ2v) is 13.0. The molecule has 0 heterocycles. The lowest BCUT2D eigenvalue weighted by Gasteiger charge is -2.38. The molecule has 2 aromatic carbocycles. The highest BCUT2D eigenvalue weighted by Gasteiger charge is 2.44. The number of halogens is 2. The summed E-state index contributed by atoms with van der Waals surface area (Å²) in [6.45, 7) is 9.01. The summed E-state index contributed by atoms with van der Waals surface area (Å²) in [5.41, 5.74) is -0.609. The van der Waals surface area contributed by atoms with E-state index in [2.05, 4.69) is 26.6 Å². The molecule has 1 unspecified atom stereocenters. The number of nitrogens with zero attached hydrogens (tertiary/aromatic N) is 1. The van der Waals surface area contributed by atoms with Crippen LogP contribution in [0.5, 0.6) is 0 Å². The van der Waals surface area contributed by atoms with Crippen molar-refractivity contribution in [2.75, 3.05) is 0 Å². The van der Waals surface area contributed by atoms with E-state index in [1.165, 1.54) is 4.90 Å². The molecule has 1 saturated carbocycles. The number of rotatable bonds is 8. The van der Waals surface area contributed by atoms with Gasteiger partial charge in [0.25, 0.3) is 0 Å². The van der Waals surface area contributed by atoms with Crippen LogP contribution in [0.3, 0.4) is 0 Å². The molecule has 3 rings (SSSR count).